The van der Waals surface area contributed by atoms with Crippen molar-refractivity contribution < 1.29 is 14.6 Å². The summed E-state index contributed by atoms with van der Waals surface area (Å²) in [5.74, 6) is -1.02. The molecule has 4 heteroatoms. The van der Waals surface area contributed by atoms with E-state index >= 15 is 0 Å². The minimum absolute atomic E-state index is 0.0577. The van der Waals surface area contributed by atoms with Crippen LogP contribution in [0.1, 0.15) is 5.69 Å². The number of carbonyl (C=O) groups is 1. The highest BCUT2D eigenvalue weighted by molar-refractivity contribution is 5.85. The fraction of sp³-hybridized carbons (Fsp3) is 0.273. The van der Waals surface area contributed by atoms with Gasteiger partial charge in [0.1, 0.15) is 0 Å². The van der Waals surface area contributed by atoms with Gasteiger partial charge in [-0.3, -0.25) is 4.98 Å². The van der Waals surface area contributed by atoms with Gasteiger partial charge in [-0.1, -0.05) is 12.6 Å². The molecule has 4 nitrogen and oxygen atoms in total. The molecule has 0 atom stereocenters. The van der Waals surface area contributed by atoms with Crippen molar-refractivity contribution in [2.24, 2.45) is 0 Å². The topological polar surface area (TPSA) is 59.4 Å². The maximum absolute atomic E-state index is 10.4. The summed E-state index contributed by atoms with van der Waals surface area (Å²) in [5, 5.41) is 8.51. The van der Waals surface area contributed by atoms with E-state index in [0.29, 0.717) is 13.0 Å². The molecule has 0 saturated carbocycles. The molecule has 1 rings (SSSR count). The van der Waals surface area contributed by atoms with Crippen molar-refractivity contribution in [3.05, 3.63) is 42.2 Å². The van der Waals surface area contributed by atoms with Crippen LogP contribution in [-0.2, 0) is 16.0 Å². The molecule has 0 aromatic carbocycles. The van der Waals surface area contributed by atoms with Gasteiger partial charge in [-0.05, 0) is 12.1 Å². The van der Waals surface area contributed by atoms with Crippen LogP contribution in [0.5, 0.6) is 0 Å². The summed E-state index contributed by atoms with van der Waals surface area (Å²) in [4.78, 5) is 14.5. The van der Waals surface area contributed by atoms with Crippen LogP contribution >= 0.6 is 0 Å². The maximum Gasteiger partial charge on any atom is 0.333 e. The Morgan fingerprint density at radius 2 is 2.33 bits per heavy atom. The molecule has 0 saturated heterocycles. The standard InChI is InChI=1S/C11H13NO3/c1-9(11(13)14)8-15-7-5-10-4-2-3-6-12-10/h2-4,6H,1,5,7-8H2,(H,13,14). The smallest absolute Gasteiger partial charge is 0.333 e. The van der Waals surface area contributed by atoms with Crippen molar-refractivity contribution in [1.29, 1.82) is 0 Å². The summed E-state index contributed by atoms with van der Waals surface area (Å²) in [6, 6.07) is 5.64. The SMILES string of the molecule is C=C(COCCc1ccccn1)C(=O)O. The molecule has 80 valence electrons. The molecular weight excluding hydrogens is 194 g/mol. The number of aromatic nitrogens is 1. The van der Waals surface area contributed by atoms with Crippen LogP contribution in [-0.4, -0.2) is 29.3 Å². The average molecular weight is 207 g/mol. The van der Waals surface area contributed by atoms with Gasteiger partial charge in [0.2, 0.25) is 0 Å². The maximum atomic E-state index is 10.4. The molecule has 0 bridgehead atoms. The lowest BCUT2D eigenvalue weighted by Crippen LogP contribution is -2.08. The molecule has 0 aliphatic heterocycles. The minimum atomic E-state index is -1.02. The lowest BCUT2D eigenvalue weighted by Gasteiger charge is -2.03. The molecule has 1 N–H and O–H groups in total. The van der Waals surface area contributed by atoms with E-state index in [-0.39, 0.29) is 12.2 Å². The second-order valence-corrected chi connectivity index (χ2v) is 3.03. The van der Waals surface area contributed by atoms with E-state index in [2.05, 4.69) is 11.6 Å². The van der Waals surface area contributed by atoms with E-state index < -0.39 is 5.97 Å². The first kappa shape index (κ1) is 11.4. The molecule has 15 heavy (non-hydrogen) atoms. The van der Waals surface area contributed by atoms with Crippen molar-refractivity contribution >= 4 is 5.97 Å². The number of aliphatic carboxylic acids is 1. The van der Waals surface area contributed by atoms with Gasteiger partial charge in [0.25, 0.3) is 0 Å². The summed E-state index contributed by atoms with van der Waals surface area (Å²) >= 11 is 0. The normalized spacial score (nSPS) is 9.87. The highest BCUT2D eigenvalue weighted by Crippen LogP contribution is 1.97. The number of carboxylic acids is 1. The molecule has 0 spiro atoms. The number of nitrogens with zero attached hydrogens (tertiary/aromatic N) is 1. The van der Waals surface area contributed by atoms with E-state index in [1.807, 2.05) is 18.2 Å². The van der Waals surface area contributed by atoms with Crippen LogP contribution < -0.4 is 0 Å². The highest BCUT2D eigenvalue weighted by atomic mass is 16.5. The Bertz CT molecular complexity index is 335. The second-order valence-electron chi connectivity index (χ2n) is 3.03. The zero-order chi connectivity index (χ0) is 11.1. The number of carboxylic acid groups (broad SMARTS) is 1. The molecule has 0 aliphatic carbocycles. The number of ether oxygens (including phenoxy) is 1. The van der Waals surface area contributed by atoms with Crippen molar-refractivity contribution in [3.63, 3.8) is 0 Å². The van der Waals surface area contributed by atoms with E-state index in [0.717, 1.165) is 5.69 Å². The molecule has 1 heterocycles. The third-order valence-corrected chi connectivity index (χ3v) is 1.81. The average Bonchev–Trinajstić information content (AvgIpc) is 2.25. The molecule has 1 aromatic heterocycles. The Labute approximate surface area is 88.2 Å². The number of hydrogen-bond acceptors (Lipinski definition) is 3. The van der Waals surface area contributed by atoms with Gasteiger partial charge in [-0.15, -0.1) is 0 Å². The zero-order valence-electron chi connectivity index (χ0n) is 8.35. The first-order chi connectivity index (χ1) is 7.20. The first-order valence-electron chi connectivity index (χ1n) is 4.59. The van der Waals surface area contributed by atoms with Gasteiger partial charge in [0.05, 0.1) is 18.8 Å². The summed E-state index contributed by atoms with van der Waals surface area (Å²) in [7, 11) is 0. The highest BCUT2D eigenvalue weighted by Gasteiger charge is 2.03. The fourth-order valence-corrected chi connectivity index (χ4v) is 0.980. The summed E-state index contributed by atoms with van der Waals surface area (Å²) in [5.41, 5.74) is 0.995. The van der Waals surface area contributed by atoms with Crippen LogP contribution in [0.4, 0.5) is 0 Å². The summed E-state index contributed by atoms with van der Waals surface area (Å²) < 4.78 is 5.14. The Hall–Kier alpha value is -1.68. The Balaban J connectivity index is 2.18. The monoisotopic (exact) mass is 207 g/mol. The molecule has 0 aliphatic rings. The quantitative estimate of drug-likeness (QED) is 0.564. The molecule has 1 aromatic rings. The first-order valence-corrected chi connectivity index (χ1v) is 4.59. The van der Waals surface area contributed by atoms with E-state index in [1.54, 1.807) is 6.20 Å². The van der Waals surface area contributed by atoms with Gasteiger partial charge < -0.3 is 9.84 Å². The number of hydrogen-bond donors (Lipinski definition) is 1. The van der Waals surface area contributed by atoms with E-state index in [4.69, 9.17) is 9.84 Å². The van der Waals surface area contributed by atoms with Gasteiger partial charge in [0.15, 0.2) is 0 Å². The van der Waals surface area contributed by atoms with E-state index in [9.17, 15) is 4.79 Å². The molecular formula is C11H13NO3. The van der Waals surface area contributed by atoms with Crippen LogP contribution in [0.15, 0.2) is 36.5 Å². The van der Waals surface area contributed by atoms with Crippen molar-refractivity contribution in [1.82, 2.24) is 4.98 Å². The number of rotatable bonds is 6. The molecule has 0 fully saturated rings. The van der Waals surface area contributed by atoms with E-state index in [1.165, 1.54) is 0 Å². The second kappa shape index (κ2) is 5.93. The van der Waals surface area contributed by atoms with Gasteiger partial charge in [-0.25, -0.2) is 4.79 Å². The molecule has 0 radical (unpaired) electrons. The Morgan fingerprint density at radius 3 is 2.93 bits per heavy atom. The minimum Gasteiger partial charge on any atom is -0.478 e. The Kier molecular flexibility index (Phi) is 4.50. The van der Waals surface area contributed by atoms with Crippen LogP contribution in [0, 0.1) is 0 Å². The summed E-state index contributed by atoms with van der Waals surface area (Å²) in [6.45, 7) is 3.86. The zero-order valence-corrected chi connectivity index (χ0v) is 8.35. The fourth-order valence-electron chi connectivity index (χ4n) is 0.980. The van der Waals surface area contributed by atoms with Gasteiger partial charge >= 0.3 is 5.97 Å². The summed E-state index contributed by atoms with van der Waals surface area (Å²) in [6.07, 6.45) is 2.39. The predicted octanol–water partition coefficient (Wildman–Crippen LogP) is 1.28. The van der Waals surface area contributed by atoms with Crippen molar-refractivity contribution in [3.8, 4) is 0 Å². The lowest BCUT2D eigenvalue weighted by molar-refractivity contribution is -0.133. The van der Waals surface area contributed by atoms with Crippen molar-refractivity contribution in [2.45, 2.75) is 6.42 Å². The van der Waals surface area contributed by atoms with Gasteiger partial charge in [-0.2, -0.15) is 0 Å². The largest absolute Gasteiger partial charge is 0.478 e. The number of pyridine rings is 1. The van der Waals surface area contributed by atoms with Crippen molar-refractivity contribution in [2.75, 3.05) is 13.2 Å². The molecule has 0 amide bonds. The van der Waals surface area contributed by atoms with Crippen LogP contribution in [0.3, 0.4) is 0 Å². The predicted molar refractivity (Wildman–Crippen MR) is 55.5 cm³/mol. The van der Waals surface area contributed by atoms with Crippen LogP contribution in [0.2, 0.25) is 0 Å². The van der Waals surface area contributed by atoms with Gasteiger partial charge in [0, 0.05) is 18.3 Å². The van der Waals surface area contributed by atoms with Crippen LogP contribution in [0.25, 0.3) is 0 Å². The lowest BCUT2D eigenvalue weighted by atomic mass is 10.3. The third-order valence-electron chi connectivity index (χ3n) is 1.81. The third kappa shape index (κ3) is 4.37. The molecule has 0 unspecified atom stereocenters. The Morgan fingerprint density at radius 1 is 1.53 bits per heavy atom.